The Kier molecular flexibility index (Phi) is 6.40. The van der Waals surface area contributed by atoms with Crippen LogP contribution in [0.25, 0.3) is 0 Å². The smallest absolute Gasteiger partial charge is 0.417 e. The third-order valence-electron chi connectivity index (χ3n) is 3.01. The molecule has 0 spiro atoms. The van der Waals surface area contributed by atoms with Gasteiger partial charge in [0.05, 0.1) is 11.6 Å². The van der Waals surface area contributed by atoms with Crippen LogP contribution in [0.3, 0.4) is 0 Å². The molecule has 0 radical (unpaired) electrons. The van der Waals surface area contributed by atoms with E-state index in [0.29, 0.717) is 12.3 Å². The van der Waals surface area contributed by atoms with Gasteiger partial charge >= 0.3 is 6.18 Å². The molecule has 142 valence electrons. The molecule has 0 fully saturated rings. The molecule has 0 aromatic carbocycles. The Bertz CT molecular complexity index is 775. The molecule has 5 nitrogen and oxygen atoms in total. The normalized spacial score (nSPS) is 13.0. The monoisotopic (exact) mass is 416 g/mol. The molecule has 12 heteroatoms. The lowest BCUT2D eigenvalue weighted by molar-refractivity contribution is -0.137. The predicted octanol–water partition coefficient (Wildman–Crippen LogP) is 5.01. The van der Waals surface area contributed by atoms with Crippen molar-refractivity contribution in [2.45, 2.75) is 25.6 Å². The van der Waals surface area contributed by atoms with Gasteiger partial charge < -0.3 is 10.1 Å². The van der Waals surface area contributed by atoms with Crippen LogP contribution in [0.15, 0.2) is 18.6 Å². The van der Waals surface area contributed by atoms with Gasteiger partial charge in [0.2, 0.25) is 5.88 Å². The maximum Gasteiger partial charge on any atom is 0.417 e. The summed E-state index contributed by atoms with van der Waals surface area (Å²) in [6.45, 7) is 1.51. The largest absolute Gasteiger partial charge is 0.474 e. The molecular weight excluding hydrogens is 406 g/mol. The van der Waals surface area contributed by atoms with Gasteiger partial charge in [0.25, 0.3) is 6.43 Å². The van der Waals surface area contributed by atoms with Crippen molar-refractivity contribution in [3.63, 3.8) is 0 Å². The van der Waals surface area contributed by atoms with E-state index in [9.17, 15) is 22.0 Å². The van der Waals surface area contributed by atoms with Crippen molar-refractivity contribution < 1.29 is 26.7 Å². The summed E-state index contributed by atoms with van der Waals surface area (Å²) in [7, 11) is 0. The van der Waals surface area contributed by atoms with Crippen molar-refractivity contribution in [3.05, 3.63) is 39.9 Å². The van der Waals surface area contributed by atoms with E-state index in [1.54, 1.807) is 6.92 Å². The molecule has 1 atom stereocenters. The lowest BCUT2D eigenvalue weighted by Crippen LogP contribution is -2.25. The number of anilines is 1. The van der Waals surface area contributed by atoms with Crippen LogP contribution in [-0.2, 0) is 6.18 Å². The number of alkyl halides is 5. The minimum Gasteiger partial charge on any atom is -0.474 e. The summed E-state index contributed by atoms with van der Waals surface area (Å²) in [6, 6.07) is 0.186. The number of aromatic nitrogens is 3. The average Bonchev–Trinajstić information content (AvgIpc) is 2.54. The van der Waals surface area contributed by atoms with Gasteiger partial charge in [0, 0.05) is 6.20 Å². The fourth-order valence-corrected chi connectivity index (χ4v) is 2.26. The third-order valence-corrected chi connectivity index (χ3v) is 3.65. The lowest BCUT2D eigenvalue weighted by Gasteiger charge is -2.17. The van der Waals surface area contributed by atoms with E-state index in [0.717, 1.165) is 6.33 Å². The Hall–Kier alpha value is -1.94. The SMILES string of the molecule is C[C@@H](COc1ncc(C(F)(F)F)cc1Cl)Nc1ncnc(C(F)F)c1Cl. The number of nitrogens with one attached hydrogen (secondary N) is 1. The Labute approximate surface area is 154 Å². The first kappa shape index (κ1) is 20.4. The van der Waals surface area contributed by atoms with E-state index in [4.69, 9.17) is 27.9 Å². The molecule has 0 bridgehead atoms. The van der Waals surface area contributed by atoms with Crippen LogP contribution < -0.4 is 10.1 Å². The number of ether oxygens (including phenoxy) is 1. The number of hydrogen-bond donors (Lipinski definition) is 1. The number of halogens is 7. The summed E-state index contributed by atoms with van der Waals surface area (Å²) >= 11 is 11.5. The number of hydrogen-bond acceptors (Lipinski definition) is 5. The Morgan fingerprint density at radius 1 is 1.19 bits per heavy atom. The summed E-state index contributed by atoms with van der Waals surface area (Å²) in [5.74, 6) is -0.227. The molecule has 0 saturated heterocycles. The molecule has 0 saturated carbocycles. The van der Waals surface area contributed by atoms with Crippen LogP contribution >= 0.6 is 23.2 Å². The molecule has 2 aromatic heterocycles. The molecule has 2 rings (SSSR count). The van der Waals surface area contributed by atoms with Gasteiger partial charge in [-0.25, -0.2) is 23.7 Å². The highest BCUT2D eigenvalue weighted by molar-refractivity contribution is 6.33. The van der Waals surface area contributed by atoms with Gasteiger partial charge in [-0.05, 0) is 13.0 Å². The van der Waals surface area contributed by atoms with Gasteiger partial charge in [-0.1, -0.05) is 23.2 Å². The second-order valence-corrected chi connectivity index (χ2v) is 5.87. The molecule has 1 N–H and O–H groups in total. The summed E-state index contributed by atoms with van der Waals surface area (Å²) < 4.78 is 68.4. The van der Waals surface area contributed by atoms with Gasteiger partial charge in [0.1, 0.15) is 34.5 Å². The molecule has 0 unspecified atom stereocenters. The van der Waals surface area contributed by atoms with Crippen molar-refractivity contribution in [1.29, 1.82) is 0 Å². The van der Waals surface area contributed by atoms with Crippen LogP contribution in [0, 0.1) is 0 Å². The first-order chi connectivity index (χ1) is 12.1. The van der Waals surface area contributed by atoms with Gasteiger partial charge in [-0.3, -0.25) is 0 Å². The second-order valence-electron chi connectivity index (χ2n) is 5.09. The van der Waals surface area contributed by atoms with Crippen molar-refractivity contribution in [2.24, 2.45) is 0 Å². The third kappa shape index (κ3) is 5.04. The highest BCUT2D eigenvalue weighted by Gasteiger charge is 2.31. The molecule has 0 amide bonds. The maximum absolute atomic E-state index is 12.7. The van der Waals surface area contributed by atoms with Crippen LogP contribution in [0.2, 0.25) is 10.0 Å². The van der Waals surface area contributed by atoms with Crippen molar-refractivity contribution >= 4 is 29.0 Å². The van der Waals surface area contributed by atoms with Crippen molar-refractivity contribution in [1.82, 2.24) is 15.0 Å². The zero-order valence-corrected chi connectivity index (χ0v) is 14.5. The summed E-state index contributed by atoms with van der Waals surface area (Å²) in [5.41, 5.74) is -1.63. The number of rotatable bonds is 6. The Morgan fingerprint density at radius 3 is 2.46 bits per heavy atom. The zero-order valence-electron chi connectivity index (χ0n) is 13.0. The van der Waals surface area contributed by atoms with E-state index in [-0.39, 0.29) is 28.3 Å². The van der Waals surface area contributed by atoms with E-state index in [1.807, 2.05) is 0 Å². The number of nitrogens with zero attached hydrogens (tertiary/aromatic N) is 3. The van der Waals surface area contributed by atoms with E-state index >= 15 is 0 Å². The highest BCUT2D eigenvalue weighted by Crippen LogP contribution is 2.33. The topological polar surface area (TPSA) is 59.9 Å². The molecular formula is C14H11Cl2F5N4O. The van der Waals surface area contributed by atoms with E-state index in [2.05, 4.69) is 20.3 Å². The van der Waals surface area contributed by atoms with Crippen molar-refractivity contribution in [2.75, 3.05) is 11.9 Å². The standard InChI is InChI=1S/C14H11Cl2F5N4O/c1-6(25-12-9(16)10(11(17)18)23-5-24-12)4-26-13-8(15)2-7(3-22-13)14(19,20)21/h2-3,5-6,11H,4H2,1H3,(H,23,24,25)/t6-/m0/s1. The molecule has 2 aromatic rings. The average molecular weight is 417 g/mol. The summed E-state index contributed by atoms with van der Waals surface area (Å²) in [4.78, 5) is 10.7. The molecule has 0 aliphatic carbocycles. The van der Waals surface area contributed by atoms with E-state index < -0.39 is 29.9 Å². The fourth-order valence-electron chi connectivity index (χ4n) is 1.80. The minimum atomic E-state index is -4.57. The van der Waals surface area contributed by atoms with Crippen LogP contribution in [0.5, 0.6) is 5.88 Å². The van der Waals surface area contributed by atoms with Crippen LogP contribution in [0.4, 0.5) is 27.8 Å². The van der Waals surface area contributed by atoms with Crippen LogP contribution in [-0.4, -0.2) is 27.6 Å². The highest BCUT2D eigenvalue weighted by atomic mass is 35.5. The summed E-state index contributed by atoms with van der Waals surface area (Å²) in [6.07, 6.45) is -5.92. The Balaban J connectivity index is 2.02. The quantitative estimate of drug-likeness (QED) is 0.670. The molecule has 0 aliphatic heterocycles. The van der Waals surface area contributed by atoms with Gasteiger partial charge in [-0.15, -0.1) is 0 Å². The molecule has 26 heavy (non-hydrogen) atoms. The first-order valence-electron chi connectivity index (χ1n) is 7.00. The molecule has 2 heterocycles. The Morgan fingerprint density at radius 2 is 1.88 bits per heavy atom. The maximum atomic E-state index is 12.7. The molecule has 0 aliphatic rings. The van der Waals surface area contributed by atoms with Gasteiger partial charge in [0.15, 0.2) is 0 Å². The van der Waals surface area contributed by atoms with Crippen LogP contribution in [0.1, 0.15) is 24.6 Å². The zero-order chi connectivity index (χ0) is 19.5. The van der Waals surface area contributed by atoms with Crippen molar-refractivity contribution in [3.8, 4) is 5.88 Å². The van der Waals surface area contributed by atoms with E-state index in [1.165, 1.54) is 0 Å². The fraction of sp³-hybridized carbons (Fsp3) is 0.357. The minimum absolute atomic E-state index is 0.0282. The second kappa shape index (κ2) is 8.17. The lowest BCUT2D eigenvalue weighted by atomic mass is 10.3. The summed E-state index contributed by atoms with van der Waals surface area (Å²) in [5, 5.41) is 2.09. The first-order valence-corrected chi connectivity index (χ1v) is 7.75. The predicted molar refractivity (Wildman–Crippen MR) is 84.8 cm³/mol. The number of pyridine rings is 1. The van der Waals surface area contributed by atoms with Gasteiger partial charge in [-0.2, -0.15) is 13.2 Å².